The van der Waals surface area contributed by atoms with Gasteiger partial charge >= 0.3 is 0 Å². The molecule has 0 bridgehead atoms. The van der Waals surface area contributed by atoms with E-state index in [0.717, 1.165) is 6.42 Å². The van der Waals surface area contributed by atoms with Crippen LogP contribution in [0.5, 0.6) is 11.5 Å². The molecule has 3 aromatic carbocycles. The van der Waals surface area contributed by atoms with Gasteiger partial charge in [0, 0.05) is 35.4 Å². The zero-order chi connectivity index (χ0) is 28.5. The molecule has 0 heterocycles. The molecule has 3 atom stereocenters. The first-order valence-electron chi connectivity index (χ1n) is 13.7. The highest BCUT2D eigenvalue weighted by atomic mass is 19.1. The number of ether oxygens (including phenoxy) is 1. The van der Waals surface area contributed by atoms with Crippen LogP contribution in [0.3, 0.4) is 0 Å². The first-order chi connectivity index (χ1) is 19.2. The van der Waals surface area contributed by atoms with Crippen LogP contribution < -0.4 is 15.8 Å². The highest BCUT2D eigenvalue weighted by Crippen LogP contribution is 2.35. The Morgan fingerprint density at radius 1 is 0.950 bits per heavy atom. The third kappa shape index (κ3) is 8.63. The maximum absolute atomic E-state index is 13.4. The topological polar surface area (TPSA) is 105 Å². The fraction of sp³-hybridized carbons (Fsp3) is 0.303. The van der Waals surface area contributed by atoms with Crippen LogP contribution >= 0.6 is 0 Å². The average Bonchev–Trinajstić information content (AvgIpc) is 3.14. The minimum absolute atomic E-state index is 0.0402. The number of Topliss-reactive ketones (excluding diaryl/α,β-unsaturated/α-hetero) is 1. The number of ketones is 1. The van der Waals surface area contributed by atoms with Crippen molar-refractivity contribution < 1.29 is 18.7 Å². The van der Waals surface area contributed by atoms with Gasteiger partial charge < -0.3 is 21.2 Å². The number of carbonyl (C=O) groups is 2. The van der Waals surface area contributed by atoms with Crippen molar-refractivity contribution in [2.45, 2.75) is 45.4 Å². The smallest absolute Gasteiger partial charge is 0.227 e. The summed E-state index contributed by atoms with van der Waals surface area (Å²) in [5.74, 6) is 0.494. The quantitative estimate of drug-likeness (QED) is 0.189. The summed E-state index contributed by atoms with van der Waals surface area (Å²) in [5, 5.41) is 11.1. The predicted octanol–water partition coefficient (Wildman–Crippen LogP) is 7.06. The molecular weight excluding hydrogens is 505 g/mol. The summed E-state index contributed by atoms with van der Waals surface area (Å²) < 4.78 is 18.9. The molecule has 1 amide bonds. The van der Waals surface area contributed by atoms with Gasteiger partial charge in [-0.15, -0.1) is 0 Å². The zero-order valence-corrected chi connectivity index (χ0v) is 22.7. The second-order valence-corrected chi connectivity index (χ2v) is 10.6. The van der Waals surface area contributed by atoms with E-state index in [1.807, 2.05) is 18.2 Å². The number of nitrogens with one attached hydrogen (secondary N) is 2. The predicted molar refractivity (Wildman–Crippen MR) is 156 cm³/mol. The SMILES string of the molecule is C/C(N)=C/C(=N)CC(=O)C1CC[C@H](C(=O)Nc2ccc(Oc3ccc(F)cc3)cc2)CC(Cc2ccccc2)C1. The molecule has 1 fully saturated rings. The number of hydrogen-bond donors (Lipinski definition) is 3. The number of benzene rings is 3. The van der Waals surface area contributed by atoms with Crippen molar-refractivity contribution in [3.8, 4) is 11.5 Å². The summed E-state index contributed by atoms with van der Waals surface area (Å²) in [7, 11) is 0. The molecule has 4 rings (SSSR count). The summed E-state index contributed by atoms with van der Waals surface area (Å²) in [4.78, 5) is 26.5. The summed E-state index contributed by atoms with van der Waals surface area (Å²) >= 11 is 0. The number of amides is 1. The normalized spacial score (nSPS) is 19.4. The molecule has 6 nitrogen and oxygen atoms in total. The molecule has 7 heteroatoms. The maximum Gasteiger partial charge on any atom is 0.227 e. The molecule has 0 aliphatic heterocycles. The Bertz CT molecular complexity index is 1330. The van der Waals surface area contributed by atoms with Crippen LogP contribution in [0.15, 0.2) is 90.6 Å². The second kappa shape index (κ2) is 13.7. The van der Waals surface area contributed by atoms with E-state index in [-0.39, 0.29) is 47.4 Å². The van der Waals surface area contributed by atoms with Gasteiger partial charge in [-0.25, -0.2) is 4.39 Å². The van der Waals surface area contributed by atoms with Crippen molar-refractivity contribution >= 4 is 23.1 Å². The number of carbonyl (C=O) groups excluding carboxylic acids is 2. The number of halogens is 1. The largest absolute Gasteiger partial charge is 0.457 e. The number of nitrogens with two attached hydrogens (primary N) is 1. The highest BCUT2D eigenvalue weighted by molar-refractivity contribution is 6.07. The van der Waals surface area contributed by atoms with Gasteiger partial charge in [0.25, 0.3) is 0 Å². The van der Waals surface area contributed by atoms with E-state index >= 15 is 0 Å². The van der Waals surface area contributed by atoms with E-state index in [1.54, 1.807) is 43.3 Å². The molecule has 40 heavy (non-hydrogen) atoms. The fourth-order valence-corrected chi connectivity index (χ4v) is 5.33. The summed E-state index contributed by atoms with van der Waals surface area (Å²) in [6.07, 6.45) is 5.00. The molecule has 2 unspecified atom stereocenters. The molecule has 1 saturated carbocycles. The molecule has 4 N–H and O–H groups in total. The Hall–Kier alpha value is -4.26. The Morgan fingerprint density at radius 3 is 2.20 bits per heavy atom. The standard InChI is InChI=1S/C33H36FN3O3/c1-22(35)17-28(36)21-32(38)25-7-8-26(20-24(19-25)18-23-5-3-2-4-6-23)33(39)37-29-11-15-31(16-12-29)40-30-13-9-27(34)10-14-30/h2-6,9-17,24-26,36H,7-8,18-21,35H2,1H3,(H,37,39)/b22-17-,36-28?/t24?,25?,26-/m0/s1. The van der Waals surface area contributed by atoms with Crippen LogP contribution in [-0.2, 0) is 16.0 Å². The first kappa shape index (κ1) is 28.7. The highest BCUT2D eigenvalue weighted by Gasteiger charge is 2.33. The lowest BCUT2D eigenvalue weighted by molar-refractivity contribution is -0.123. The first-order valence-corrected chi connectivity index (χ1v) is 13.7. The minimum atomic E-state index is -0.330. The van der Waals surface area contributed by atoms with Gasteiger partial charge in [0.15, 0.2) is 0 Å². The lowest BCUT2D eigenvalue weighted by Crippen LogP contribution is -2.24. The van der Waals surface area contributed by atoms with E-state index in [4.69, 9.17) is 15.9 Å². The van der Waals surface area contributed by atoms with Crippen LogP contribution in [0.2, 0.25) is 0 Å². The fourth-order valence-electron chi connectivity index (χ4n) is 5.33. The number of anilines is 1. The molecule has 3 aromatic rings. The van der Waals surface area contributed by atoms with Gasteiger partial charge in [-0.2, -0.15) is 0 Å². The third-order valence-corrected chi connectivity index (χ3v) is 7.23. The van der Waals surface area contributed by atoms with Gasteiger partial charge in [-0.3, -0.25) is 9.59 Å². The number of hydrogen-bond acceptors (Lipinski definition) is 5. The van der Waals surface area contributed by atoms with Crippen LogP contribution in [0.4, 0.5) is 10.1 Å². The van der Waals surface area contributed by atoms with Crippen LogP contribution in [0.25, 0.3) is 0 Å². The van der Waals surface area contributed by atoms with Gasteiger partial charge in [0.2, 0.25) is 5.91 Å². The van der Waals surface area contributed by atoms with Gasteiger partial charge in [-0.05, 0) is 105 Å². The van der Waals surface area contributed by atoms with Crippen LogP contribution in [0.1, 0.15) is 44.6 Å². The number of rotatable bonds is 10. The molecule has 1 aliphatic carbocycles. The zero-order valence-electron chi connectivity index (χ0n) is 22.7. The van der Waals surface area contributed by atoms with E-state index in [2.05, 4.69) is 17.4 Å². The monoisotopic (exact) mass is 541 g/mol. The van der Waals surface area contributed by atoms with Crippen LogP contribution in [-0.4, -0.2) is 17.4 Å². The second-order valence-electron chi connectivity index (χ2n) is 10.6. The van der Waals surface area contributed by atoms with E-state index in [9.17, 15) is 14.0 Å². The van der Waals surface area contributed by atoms with Crippen molar-refractivity contribution in [2.24, 2.45) is 23.5 Å². The maximum atomic E-state index is 13.4. The average molecular weight is 542 g/mol. The molecule has 1 aliphatic rings. The summed E-state index contributed by atoms with van der Waals surface area (Å²) in [6, 6.07) is 23.0. The lowest BCUT2D eigenvalue weighted by Gasteiger charge is -2.21. The third-order valence-electron chi connectivity index (χ3n) is 7.23. The molecule has 0 aromatic heterocycles. The number of allylic oxidation sites excluding steroid dienone is 2. The van der Waals surface area contributed by atoms with Crippen molar-refractivity contribution in [1.82, 2.24) is 0 Å². The van der Waals surface area contributed by atoms with E-state index in [0.29, 0.717) is 48.6 Å². The van der Waals surface area contributed by atoms with E-state index in [1.165, 1.54) is 23.8 Å². The Labute approximate surface area is 235 Å². The van der Waals surface area contributed by atoms with Gasteiger partial charge in [0.1, 0.15) is 23.1 Å². The van der Waals surface area contributed by atoms with Crippen molar-refractivity contribution in [3.63, 3.8) is 0 Å². The van der Waals surface area contributed by atoms with Gasteiger partial charge in [-0.1, -0.05) is 30.3 Å². The molecule has 0 radical (unpaired) electrons. The van der Waals surface area contributed by atoms with Crippen LogP contribution in [0, 0.1) is 29.0 Å². The summed E-state index contributed by atoms with van der Waals surface area (Å²) in [6.45, 7) is 1.70. The summed E-state index contributed by atoms with van der Waals surface area (Å²) in [5.41, 5.74) is 8.26. The molecule has 0 saturated heterocycles. The van der Waals surface area contributed by atoms with Crippen molar-refractivity contribution in [3.05, 3.63) is 102 Å². The Balaban J connectivity index is 1.42. The van der Waals surface area contributed by atoms with Gasteiger partial charge in [0.05, 0.1) is 0 Å². The Kier molecular flexibility index (Phi) is 9.84. The van der Waals surface area contributed by atoms with Crippen molar-refractivity contribution in [1.29, 1.82) is 5.41 Å². The molecular formula is C33H36FN3O3. The Morgan fingerprint density at radius 2 is 1.55 bits per heavy atom. The molecule has 208 valence electrons. The molecule has 0 spiro atoms. The van der Waals surface area contributed by atoms with E-state index < -0.39 is 0 Å². The lowest BCUT2D eigenvalue weighted by atomic mass is 9.84. The minimum Gasteiger partial charge on any atom is -0.457 e. The van der Waals surface area contributed by atoms with Crippen molar-refractivity contribution in [2.75, 3.05) is 5.32 Å².